The summed E-state index contributed by atoms with van der Waals surface area (Å²) in [6.45, 7) is 5.99. The SMILES string of the molecule is COC(=O)Cn1nnnc1C(C)(C)C. The molecule has 0 saturated carbocycles. The van der Waals surface area contributed by atoms with Gasteiger partial charge in [-0.05, 0) is 10.4 Å². The zero-order valence-corrected chi connectivity index (χ0v) is 8.81. The number of tetrazole rings is 1. The number of aromatic nitrogens is 4. The van der Waals surface area contributed by atoms with Crippen LogP contribution in [0.25, 0.3) is 0 Å². The number of hydrogen-bond acceptors (Lipinski definition) is 5. The van der Waals surface area contributed by atoms with Crippen molar-refractivity contribution in [2.24, 2.45) is 0 Å². The zero-order valence-electron chi connectivity index (χ0n) is 8.81. The van der Waals surface area contributed by atoms with Crippen molar-refractivity contribution in [1.82, 2.24) is 20.2 Å². The first-order chi connectivity index (χ1) is 6.45. The number of esters is 1. The van der Waals surface area contributed by atoms with Gasteiger partial charge in [0, 0.05) is 5.41 Å². The summed E-state index contributed by atoms with van der Waals surface area (Å²) in [5, 5.41) is 11.1. The number of methoxy groups -OCH3 is 1. The number of rotatable bonds is 2. The molecule has 0 unspecified atom stereocenters. The van der Waals surface area contributed by atoms with Crippen molar-refractivity contribution in [3.05, 3.63) is 5.82 Å². The minimum Gasteiger partial charge on any atom is -0.468 e. The average molecular weight is 198 g/mol. The predicted molar refractivity (Wildman–Crippen MR) is 48.5 cm³/mol. The van der Waals surface area contributed by atoms with Crippen molar-refractivity contribution < 1.29 is 9.53 Å². The molecule has 0 N–H and O–H groups in total. The maximum absolute atomic E-state index is 11.0. The van der Waals surface area contributed by atoms with Crippen LogP contribution in [-0.2, 0) is 21.5 Å². The molecule has 0 bridgehead atoms. The molecule has 0 amide bonds. The fraction of sp³-hybridized carbons (Fsp3) is 0.750. The highest BCUT2D eigenvalue weighted by molar-refractivity contribution is 5.68. The van der Waals surface area contributed by atoms with Crippen molar-refractivity contribution in [1.29, 1.82) is 0 Å². The van der Waals surface area contributed by atoms with Crippen molar-refractivity contribution in [2.45, 2.75) is 32.7 Å². The predicted octanol–water partition coefficient (Wildman–Crippen LogP) is 0.144. The quantitative estimate of drug-likeness (QED) is 0.632. The lowest BCUT2D eigenvalue weighted by atomic mass is 9.96. The summed E-state index contributed by atoms with van der Waals surface area (Å²) in [6.07, 6.45) is 0. The fourth-order valence-electron chi connectivity index (χ4n) is 1.04. The Morgan fingerprint density at radius 2 is 2.14 bits per heavy atom. The third-order valence-corrected chi connectivity index (χ3v) is 1.71. The van der Waals surface area contributed by atoms with E-state index in [0.29, 0.717) is 5.82 Å². The van der Waals surface area contributed by atoms with Crippen LogP contribution in [0.3, 0.4) is 0 Å². The second kappa shape index (κ2) is 3.73. The van der Waals surface area contributed by atoms with Gasteiger partial charge in [-0.15, -0.1) is 5.10 Å². The van der Waals surface area contributed by atoms with Gasteiger partial charge in [0.2, 0.25) is 0 Å². The van der Waals surface area contributed by atoms with Crippen molar-refractivity contribution in [3.63, 3.8) is 0 Å². The summed E-state index contributed by atoms with van der Waals surface area (Å²) < 4.78 is 5.99. The Hall–Kier alpha value is -1.46. The molecule has 1 rings (SSSR count). The molecule has 0 aliphatic carbocycles. The van der Waals surface area contributed by atoms with Crippen molar-refractivity contribution in [2.75, 3.05) is 7.11 Å². The standard InChI is InChI=1S/C8H14N4O2/c1-8(2,3)7-9-10-11-12(7)5-6(13)14-4/h5H2,1-4H3. The Morgan fingerprint density at radius 3 is 2.64 bits per heavy atom. The first-order valence-corrected chi connectivity index (χ1v) is 4.28. The highest BCUT2D eigenvalue weighted by Gasteiger charge is 2.22. The molecule has 1 aromatic rings. The van der Waals surface area contributed by atoms with Gasteiger partial charge >= 0.3 is 5.97 Å². The van der Waals surface area contributed by atoms with Gasteiger partial charge in [-0.1, -0.05) is 20.8 Å². The van der Waals surface area contributed by atoms with Crippen LogP contribution in [-0.4, -0.2) is 33.3 Å². The lowest BCUT2D eigenvalue weighted by molar-refractivity contribution is -0.141. The molecule has 0 fully saturated rings. The molecule has 0 aliphatic heterocycles. The lowest BCUT2D eigenvalue weighted by Gasteiger charge is -2.16. The topological polar surface area (TPSA) is 69.9 Å². The Bertz CT molecular complexity index is 326. The van der Waals surface area contributed by atoms with Gasteiger partial charge in [-0.25, -0.2) is 4.68 Å². The van der Waals surface area contributed by atoms with E-state index in [2.05, 4.69) is 20.3 Å². The van der Waals surface area contributed by atoms with E-state index in [4.69, 9.17) is 0 Å². The fourth-order valence-corrected chi connectivity index (χ4v) is 1.04. The smallest absolute Gasteiger partial charge is 0.327 e. The first-order valence-electron chi connectivity index (χ1n) is 4.28. The summed E-state index contributed by atoms with van der Waals surface area (Å²) >= 11 is 0. The van der Waals surface area contributed by atoms with E-state index in [9.17, 15) is 4.79 Å². The summed E-state index contributed by atoms with van der Waals surface area (Å²) in [5.74, 6) is 0.311. The molecule has 1 aromatic heterocycles. The van der Waals surface area contributed by atoms with Gasteiger partial charge in [0.25, 0.3) is 0 Å². The number of carbonyl (C=O) groups excluding carboxylic acids is 1. The molecule has 0 atom stereocenters. The van der Waals surface area contributed by atoms with Gasteiger partial charge in [0.1, 0.15) is 6.54 Å². The number of nitrogens with zero attached hydrogens (tertiary/aromatic N) is 4. The molecule has 78 valence electrons. The monoisotopic (exact) mass is 198 g/mol. The third-order valence-electron chi connectivity index (χ3n) is 1.71. The zero-order chi connectivity index (χ0) is 10.8. The highest BCUT2D eigenvalue weighted by Crippen LogP contribution is 2.18. The van der Waals surface area contributed by atoms with Gasteiger partial charge in [-0.3, -0.25) is 4.79 Å². The number of hydrogen-bond donors (Lipinski definition) is 0. The van der Waals surface area contributed by atoms with Crippen LogP contribution in [0.1, 0.15) is 26.6 Å². The van der Waals surface area contributed by atoms with E-state index in [1.165, 1.54) is 11.8 Å². The average Bonchev–Trinajstić information content (AvgIpc) is 2.51. The van der Waals surface area contributed by atoms with Gasteiger partial charge in [0.05, 0.1) is 7.11 Å². The van der Waals surface area contributed by atoms with E-state index >= 15 is 0 Å². The van der Waals surface area contributed by atoms with Crippen LogP contribution in [0.2, 0.25) is 0 Å². The van der Waals surface area contributed by atoms with Crippen LogP contribution in [0.15, 0.2) is 0 Å². The molecule has 0 radical (unpaired) electrons. The van der Waals surface area contributed by atoms with E-state index in [1.807, 2.05) is 20.8 Å². The molecule has 14 heavy (non-hydrogen) atoms. The third kappa shape index (κ3) is 2.27. The first kappa shape index (κ1) is 10.6. The molecule has 1 heterocycles. The lowest BCUT2D eigenvalue weighted by Crippen LogP contribution is -2.23. The minimum atomic E-state index is -0.359. The van der Waals surface area contributed by atoms with Crippen LogP contribution in [0.4, 0.5) is 0 Å². The van der Waals surface area contributed by atoms with Crippen molar-refractivity contribution >= 4 is 5.97 Å². The Balaban J connectivity index is 2.88. The molecule has 6 nitrogen and oxygen atoms in total. The summed E-state index contributed by atoms with van der Waals surface area (Å²) in [5.41, 5.74) is -0.183. The summed E-state index contributed by atoms with van der Waals surface area (Å²) in [7, 11) is 1.34. The van der Waals surface area contributed by atoms with Crippen LogP contribution < -0.4 is 0 Å². The van der Waals surface area contributed by atoms with Crippen LogP contribution in [0.5, 0.6) is 0 Å². The number of carbonyl (C=O) groups is 1. The Kier molecular flexibility index (Phi) is 2.83. The van der Waals surface area contributed by atoms with E-state index in [-0.39, 0.29) is 17.9 Å². The Morgan fingerprint density at radius 1 is 1.50 bits per heavy atom. The second-order valence-corrected chi connectivity index (χ2v) is 3.99. The summed E-state index contributed by atoms with van der Waals surface area (Å²) in [6, 6.07) is 0. The van der Waals surface area contributed by atoms with Gasteiger partial charge in [-0.2, -0.15) is 0 Å². The highest BCUT2D eigenvalue weighted by atomic mass is 16.5. The molecular formula is C8H14N4O2. The molecular weight excluding hydrogens is 184 g/mol. The van der Waals surface area contributed by atoms with Crippen LogP contribution in [0, 0.1) is 0 Å². The molecule has 0 saturated heterocycles. The Labute approximate surface area is 82.2 Å². The normalized spacial score (nSPS) is 11.4. The van der Waals surface area contributed by atoms with Crippen LogP contribution >= 0.6 is 0 Å². The number of ether oxygens (including phenoxy) is 1. The second-order valence-electron chi connectivity index (χ2n) is 3.99. The van der Waals surface area contributed by atoms with Crippen molar-refractivity contribution in [3.8, 4) is 0 Å². The van der Waals surface area contributed by atoms with Gasteiger partial charge < -0.3 is 4.74 Å². The molecule has 0 aromatic carbocycles. The molecule has 6 heteroatoms. The maximum atomic E-state index is 11.0. The largest absolute Gasteiger partial charge is 0.468 e. The minimum absolute atomic E-state index is 0.0517. The maximum Gasteiger partial charge on any atom is 0.327 e. The van der Waals surface area contributed by atoms with E-state index < -0.39 is 0 Å². The molecule has 0 aliphatic rings. The summed E-state index contributed by atoms with van der Waals surface area (Å²) in [4.78, 5) is 11.0. The molecule has 0 spiro atoms. The van der Waals surface area contributed by atoms with Gasteiger partial charge in [0.15, 0.2) is 5.82 Å². The van der Waals surface area contributed by atoms with E-state index in [0.717, 1.165) is 0 Å². The van der Waals surface area contributed by atoms with E-state index in [1.54, 1.807) is 0 Å².